The van der Waals surface area contributed by atoms with Crippen LogP contribution in [0.4, 0.5) is 0 Å². The highest BCUT2D eigenvalue weighted by Gasteiger charge is 2.18. The molecule has 0 N–H and O–H groups in total. The maximum Gasteiger partial charge on any atom is 0.0669 e. The average Bonchev–Trinajstić information content (AvgIpc) is 2.52. The van der Waals surface area contributed by atoms with E-state index in [0.717, 1.165) is 24.4 Å². The maximum absolute atomic E-state index is 6.34. The van der Waals surface area contributed by atoms with Gasteiger partial charge in [0.2, 0.25) is 0 Å². The van der Waals surface area contributed by atoms with Gasteiger partial charge >= 0.3 is 0 Å². The molecule has 4 heteroatoms. The fraction of sp³-hybridized carbons (Fsp3) is 0.786. The predicted octanol–water partition coefficient (Wildman–Crippen LogP) is 4.00. The highest BCUT2D eigenvalue weighted by Crippen LogP contribution is 2.29. The molecule has 1 aromatic heterocycles. The standard InChI is InChI=1S/C14H25ClN2O/c1-7-12(15)13-10(2)16-17(11(13)3)8-9-18-14(4,5)6/h12H,7-9H2,1-6H3. The molecule has 1 rings (SSSR count). The molecular weight excluding hydrogens is 248 g/mol. The first kappa shape index (κ1) is 15.5. The van der Waals surface area contributed by atoms with Gasteiger partial charge in [0.25, 0.3) is 0 Å². The van der Waals surface area contributed by atoms with Gasteiger partial charge in [-0.25, -0.2) is 0 Å². The molecule has 0 fully saturated rings. The Labute approximate surface area is 115 Å². The summed E-state index contributed by atoms with van der Waals surface area (Å²) in [7, 11) is 0. The SMILES string of the molecule is CCC(Cl)c1c(C)nn(CCOC(C)(C)C)c1C. The van der Waals surface area contributed by atoms with Gasteiger partial charge < -0.3 is 4.74 Å². The second-order valence-electron chi connectivity index (χ2n) is 5.64. The number of hydrogen-bond donors (Lipinski definition) is 0. The Morgan fingerprint density at radius 2 is 1.94 bits per heavy atom. The molecule has 0 amide bonds. The maximum atomic E-state index is 6.34. The van der Waals surface area contributed by atoms with Crippen LogP contribution in [-0.2, 0) is 11.3 Å². The third-order valence-electron chi connectivity index (χ3n) is 2.95. The normalized spacial score (nSPS) is 13.9. The fourth-order valence-corrected chi connectivity index (χ4v) is 2.34. The van der Waals surface area contributed by atoms with Crippen LogP contribution < -0.4 is 0 Å². The number of aromatic nitrogens is 2. The first-order valence-electron chi connectivity index (χ1n) is 6.58. The first-order valence-corrected chi connectivity index (χ1v) is 7.01. The molecule has 3 nitrogen and oxygen atoms in total. The van der Waals surface area contributed by atoms with Gasteiger partial charge in [0.05, 0.1) is 29.8 Å². The minimum absolute atomic E-state index is 0.0577. The molecule has 1 aromatic rings. The molecule has 0 bridgehead atoms. The fourth-order valence-electron chi connectivity index (χ4n) is 2.02. The van der Waals surface area contributed by atoms with Crippen molar-refractivity contribution >= 4 is 11.6 Å². The van der Waals surface area contributed by atoms with Crippen molar-refractivity contribution in [3.63, 3.8) is 0 Å². The molecule has 0 saturated carbocycles. The zero-order valence-electron chi connectivity index (χ0n) is 12.4. The second-order valence-corrected chi connectivity index (χ2v) is 6.17. The summed E-state index contributed by atoms with van der Waals surface area (Å²) in [5, 5.41) is 4.61. The number of aryl methyl sites for hydroxylation is 1. The number of nitrogens with zero attached hydrogens (tertiary/aromatic N) is 2. The van der Waals surface area contributed by atoms with E-state index < -0.39 is 0 Å². The Hall–Kier alpha value is -0.540. The molecule has 0 radical (unpaired) electrons. The van der Waals surface area contributed by atoms with Crippen LogP contribution >= 0.6 is 11.6 Å². The van der Waals surface area contributed by atoms with E-state index in [-0.39, 0.29) is 11.0 Å². The van der Waals surface area contributed by atoms with Crippen molar-refractivity contribution in [1.29, 1.82) is 0 Å². The molecule has 0 aliphatic heterocycles. The van der Waals surface area contributed by atoms with Crippen molar-refractivity contribution in [3.05, 3.63) is 17.0 Å². The summed E-state index contributed by atoms with van der Waals surface area (Å²) in [4.78, 5) is 0. The van der Waals surface area contributed by atoms with Crippen LogP contribution in [0.15, 0.2) is 0 Å². The first-order chi connectivity index (χ1) is 8.26. The Morgan fingerprint density at radius 3 is 2.44 bits per heavy atom. The quantitative estimate of drug-likeness (QED) is 0.758. The van der Waals surface area contributed by atoms with Crippen molar-refractivity contribution in [2.45, 2.75) is 65.5 Å². The van der Waals surface area contributed by atoms with E-state index >= 15 is 0 Å². The molecule has 0 spiro atoms. The van der Waals surface area contributed by atoms with E-state index in [9.17, 15) is 0 Å². The van der Waals surface area contributed by atoms with Crippen LogP contribution in [0.2, 0.25) is 0 Å². The topological polar surface area (TPSA) is 27.1 Å². The van der Waals surface area contributed by atoms with Crippen LogP contribution in [0, 0.1) is 13.8 Å². The van der Waals surface area contributed by atoms with Crippen molar-refractivity contribution < 1.29 is 4.74 Å². The van der Waals surface area contributed by atoms with E-state index in [2.05, 4.69) is 39.7 Å². The van der Waals surface area contributed by atoms with Crippen LogP contribution in [-0.4, -0.2) is 22.0 Å². The molecule has 0 saturated heterocycles. The van der Waals surface area contributed by atoms with Gasteiger partial charge in [0, 0.05) is 11.3 Å². The monoisotopic (exact) mass is 272 g/mol. The lowest BCUT2D eigenvalue weighted by Gasteiger charge is -2.19. The van der Waals surface area contributed by atoms with Gasteiger partial charge in [-0.15, -0.1) is 11.6 Å². The van der Waals surface area contributed by atoms with Gasteiger partial charge in [-0.2, -0.15) is 5.10 Å². The van der Waals surface area contributed by atoms with Crippen LogP contribution in [0.5, 0.6) is 0 Å². The van der Waals surface area contributed by atoms with E-state index in [1.165, 1.54) is 5.56 Å². The van der Waals surface area contributed by atoms with Crippen molar-refractivity contribution in [2.24, 2.45) is 0 Å². The summed E-state index contributed by atoms with van der Waals surface area (Å²) in [5.41, 5.74) is 3.27. The lowest BCUT2D eigenvalue weighted by molar-refractivity contribution is -0.00810. The number of halogens is 1. The predicted molar refractivity (Wildman–Crippen MR) is 76.3 cm³/mol. The number of hydrogen-bond acceptors (Lipinski definition) is 2. The largest absolute Gasteiger partial charge is 0.374 e. The van der Waals surface area contributed by atoms with Crippen LogP contribution in [0.1, 0.15) is 56.4 Å². The molecule has 1 atom stereocenters. The molecule has 104 valence electrons. The third-order valence-corrected chi connectivity index (χ3v) is 3.47. The second kappa shape index (κ2) is 6.07. The van der Waals surface area contributed by atoms with Gasteiger partial charge in [-0.3, -0.25) is 4.68 Å². The zero-order valence-corrected chi connectivity index (χ0v) is 13.1. The third kappa shape index (κ3) is 3.99. The summed E-state index contributed by atoms with van der Waals surface area (Å²) < 4.78 is 7.73. The summed E-state index contributed by atoms with van der Waals surface area (Å²) in [6, 6.07) is 0. The molecule has 1 unspecified atom stereocenters. The minimum atomic E-state index is -0.0998. The van der Waals surface area contributed by atoms with Gasteiger partial charge in [-0.05, 0) is 41.0 Å². The van der Waals surface area contributed by atoms with E-state index in [0.29, 0.717) is 6.61 Å². The highest BCUT2D eigenvalue weighted by molar-refractivity contribution is 6.20. The Bertz CT molecular complexity index is 393. The molecular formula is C14H25ClN2O. The molecule has 0 aliphatic rings. The van der Waals surface area contributed by atoms with Crippen molar-refractivity contribution in [2.75, 3.05) is 6.61 Å². The average molecular weight is 273 g/mol. The van der Waals surface area contributed by atoms with Crippen molar-refractivity contribution in [3.8, 4) is 0 Å². The zero-order chi connectivity index (χ0) is 13.9. The highest BCUT2D eigenvalue weighted by atomic mass is 35.5. The summed E-state index contributed by atoms with van der Waals surface area (Å²) in [6.07, 6.45) is 0.924. The van der Waals surface area contributed by atoms with Gasteiger partial charge in [-0.1, -0.05) is 6.92 Å². The smallest absolute Gasteiger partial charge is 0.0669 e. The van der Waals surface area contributed by atoms with Gasteiger partial charge in [0.15, 0.2) is 0 Å². The van der Waals surface area contributed by atoms with E-state index in [1.54, 1.807) is 0 Å². The molecule has 0 aromatic carbocycles. The number of ether oxygens (including phenoxy) is 1. The van der Waals surface area contributed by atoms with Crippen LogP contribution in [0.25, 0.3) is 0 Å². The Morgan fingerprint density at radius 1 is 1.33 bits per heavy atom. The minimum Gasteiger partial charge on any atom is -0.374 e. The summed E-state index contributed by atoms with van der Waals surface area (Å²) in [6.45, 7) is 13.8. The summed E-state index contributed by atoms with van der Waals surface area (Å²) >= 11 is 6.34. The Kier molecular flexibility index (Phi) is 5.23. The van der Waals surface area contributed by atoms with Gasteiger partial charge in [0.1, 0.15) is 0 Å². The molecule has 1 heterocycles. The number of rotatable bonds is 5. The lowest BCUT2D eigenvalue weighted by atomic mass is 10.1. The lowest BCUT2D eigenvalue weighted by Crippen LogP contribution is -2.22. The van der Waals surface area contributed by atoms with E-state index in [4.69, 9.17) is 16.3 Å². The van der Waals surface area contributed by atoms with Crippen molar-refractivity contribution in [1.82, 2.24) is 9.78 Å². The van der Waals surface area contributed by atoms with E-state index in [1.807, 2.05) is 11.6 Å². The van der Waals surface area contributed by atoms with Crippen LogP contribution in [0.3, 0.4) is 0 Å². The Balaban J connectivity index is 2.74. The summed E-state index contributed by atoms with van der Waals surface area (Å²) in [5.74, 6) is 0. The molecule has 0 aliphatic carbocycles. The molecule has 18 heavy (non-hydrogen) atoms. The number of alkyl halides is 1.